The number of nitrogens with zero attached hydrogens (tertiary/aromatic N) is 1. The van der Waals surface area contributed by atoms with Crippen molar-refractivity contribution in [1.82, 2.24) is 10.2 Å². The number of piperidine rings is 1. The molecule has 0 aromatic heterocycles. The van der Waals surface area contributed by atoms with E-state index in [1.165, 1.54) is 5.56 Å². The number of aliphatic hydroxyl groups is 1. The van der Waals surface area contributed by atoms with Crippen LogP contribution in [0.2, 0.25) is 0 Å². The van der Waals surface area contributed by atoms with Crippen molar-refractivity contribution < 1.29 is 5.11 Å². The number of aliphatic hydroxyl groups excluding tert-OH is 1. The summed E-state index contributed by atoms with van der Waals surface area (Å²) in [4.78, 5) is 2.55. The summed E-state index contributed by atoms with van der Waals surface area (Å²) in [6.07, 6.45) is 2.28. The summed E-state index contributed by atoms with van der Waals surface area (Å²) >= 11 is 0. The lowest BCUT2D eigenvalue weighted by Crippen LogP contribution is -2.40. The van der Waals surface area contributed by atoms with Crippen molar-refractivity contribution in [3.8, 4) is 0 Å². The quantitative estimate of drug-likeness (QED) is 0.837. The smallest absolute Gasteiger partial charge is 0.0460 e. The number of hydrogen-bond acceptors (Lipinski definition) is 3. The molecule has 1 aliphatic heterocycles. The van der Waals surface area contributed by atoms with Gasteiger partial charge in [0.05, 0.1) is 0 Å². The van der Waals surface area contributed by atoms with Gasteiger partial charge in [-0.25, -0.2) is 0 Å². The van der Waals surface area contributed by atoms with Gasteiger partial charge < -0.3 is 15.3 Å². The van der Waals surface area contributed by atoms with Gasteiger partial charge in [-0.15, -0.1) is 0 Å². The molecule has 2 N–H and O–H groups in total. The molecule has 1 aliphatic rings. The Morgan fingerprint density at radius 2 is 1.90 bits per heavy atom. The molecule has 1 fully saturated rings. The zero-order chi connectivity index (χ0) is 14.4. The van der Waals surface area contributed by atoms with Crippen molar-refractivity contribution >= 4 is 0 Å². The standard InChI is InChI=1S/C17H28N2O/c1-14(12-19-10-8-15(13-20)9-11-19)17(18-2)16-6-4-3-5-7-16/h3-7,14-15,17-18,20H,8-13H2,1-2H3. The van der Waals surface area contributed by atoms with Crippen molar-refractivity contribution in [2.45, 2.75) is 25.8 Å². The first-order valence-corrected chi connectivity index (χ1v) is 7.80. The monoisotopic (exact) mass is 276 g/mol. The van der Waals surface area contributed by atoms with Gasteiger partial charge in [0.15, 0.2) is 0 Å². The third kappa shape index (κ3) is 4.05. The Balaban J connectivity index is 1.88. The highest BCUT2D eigenvalue weighted by molar-refractivity contribution is 5.19. The van der Waals surface area contributed by atoms with Gasteiger partial charge in [-0.05, 0) is 50.4 Å². The van der Waals surface area contributed by atoms with Crippen LogP contribution >= 0.6 is 0 Å². The van der Waals surface area contributed by atoms with Crippen LogP contribution in [0.15, 0.2) is 30.3 Å². The molecule has 3 heteroatoms. The van der Waals surface area contributed by atoms with E-state index in [1.807, 2.05) is 7.05 Å². The number of nitrogens with one attached hydrogen (secondary N) is 1. The average molecular weight is 276 g/mol. The van der Waals surface area contributed by atoms with Crippen molar-refractivity contribution in [2.75, 3.05) is 33.3 Å². The van der Waals surface area contributed by atoms with E-state index in [4.69, 9.17) is 0 Å². The zero-order valence-corrected chi connectivity index (χ0v) is 12.8. The summed E-state index contributed by atoms with van der Waals surface area (Å²) in [5.41, 5.74) is 1.37. The summed E-state index contributed by atoms with van der Waals surface area (Å²) in [5, 5.41) is 12.7. The molecule has 2 atom stereocenters. The SMILES string of the molecule is CNC(c1ccccc1)C(C)CN1CCC(CO)CC1. The Bertz CT molecular complexity index is 374. The molecule has 0 amide bonds. The maximum absolute atomic E-state index is 9.21. The predicted octanol–water partition coefficient (Wildman–Crippen LogP) is 2.29. The summed E-state index contributed by atoms with van der Waals surface area (Å²) in [5.74, 6) is 1.10. The Kier molecular flexibility index (Phi) is 6.02. The third-order valence-corrected chi connectivity index (χ3v) is 4.55. The molecule has 2 rings (SSSR count). The summed E-state index contributed by atoms with van der Waals surface area (Å²) in [6.45, 7) is 6.05. The number of benzene rings is 1. The number of likely N-dealkylation sites (tertiary alicyclic amines) is 1. The Morgan fingerprint density at radius 1 is 1.25 bits per heavy atom. The van der Waals surface area contributed by atoms with Crippen LogP contribution in [0.5, 0.6) is 0 Å². The molecular formula is C17H28N2O. The minimum absolute atomic E-state index is 0.354. The lowest BCUT2D eigenvalue weighted by molar-refractivity contribution is 0.116. The van der Waals surface area contributed by atoms with Crippen LogP contribution < -0.4 is 5.32 Å². The van der Waals surface area contributed by atoms with Crippen molar-refractivity contribution in [2.24, 2.45) is 11.8 Å². The topological polar surface area (TPSA) is 35.5 Å². The molecule has 0 bridgehead atoms. The second kappa shape index (κ2) is 7.77. The summed E-state index contributed by atoms with van der Waals surface area (Å²) in [7, 11) is 2.05. The molecule has 3 nitrogen and oxygen atoms in total. The third-order valence-electron chi connectivity index (χ3n) is 4.55. The van der Waals surface area contributed by atoms with E-state index in [9.17, 15) is 5.11 Å². The van der Waals surface area contributed by atoms with Crippen molar-refractivity contribution in [3.05, 3.63) is 35.9 Å². The van der Waals surface area contributed by atoms with Crippen LogP contribution in [-0.4, -0.2) is 43.3 Å². The molecular weight excluding hydrogens is 248 g/mol. The normalized spacial score (nSPS) is 20.8. The van der Waals surface area contributed by atoms with Gasteiger partial charge in [-0.2, -0.15) is 0 Å². The molecule has 1 heterocycles. The number of rotatable bonds is 6. The maximum Gasteiger partial charge on any atom is 0.0460 e. The van der Waals surface area contributed by atoms with E-state index in [1.54, 1.807) is 0 Å². The molecule has 0 aliphatic carbocycles. The fourth-order valence-electron chi connectivity index (χ4n) is 3.30. The first kappa shape index (κ1) is 15.5. The van der Waals surface area contributed by atoms with Crippen LogP contribution in [0.3, 0.4) is 0 Å². The van der Waals surface area contributed by atoms with Crippen LogP contribution in [-0.2, 0) is 0 Å². The van der Waals surface area contributed by atoms with E-state index < -0.39 is 0 Å². The molecule has 1 aromatic rings. The first-order chi connectivity index (χ1) is 9.74. The molecule has 1 saturated heterocycles. The molecule has 0 spiro atoms. The van der Waals surface area contributed by atoms with E-state index in [2.05, 4.69) is 47.5 Å². The highest BCUT2D eigenvalue weighted by Crippen LogP contribution is 2.24. The molecule has 0 radical (unpaired) electrons. The fraction of sp³-hybridized carbons (Fsp3) is 0.647. The lowest BCUT2D eigenvalue weighted by atomic mass is 9.92. The first-order valence-electron chi connectivity index (χ1n) is 7.80. The van der Waals surface area contributed by atoms with Crippen LogP contribution in [0.1, 0.15) is 31.4 Å². The molecule has 1 aromatic carbocycles. The summed E-state index contributed by atoms with van der Waals surface area (Å²) < 4.78 is 0. The average Bonchev–Trinajstić information content (AvgIpc) is 2.50. The van der Waals surface area contributed by atoms with Crippen LogP contribution in [0.25, 0.3) is 0 Å². The van der Waals surface area contributed by atoms with Gasteiger partial charge in [0.2, 0.25) is 0 Å². The van der Waals surface area contributed by atoms with Crippen LogP contribution in [0.4, 0.5) is 0 Å². The second-order valence-electron chi connectivity index (χ2n) is 6.08. The highest BCUT2D eigenvalue weighted by Gasteiger charge is 2.23. The summed E-state index contributed by atoms with van der Waals surface area (Å²) in [6, 6.07) is 11.1. The molecule has 112 valence electrons. The van der Waals surface area contributed by atoms with E-state index >= 15 is 0 Å². The largest absolute Gasteiger partial charge is 0.396 e. The highest BCUT2D eigenvalue weighted by atomic mass is 16.3. The van der Waals surface area contributed by atoms with E-state index in [0.717, 1.165) is 32.5 Å². The van der Waals surface area contributed by atoms with Gasteiger partial charge in [-0.3, -0.25) is 0 Å². The van der Waals surface area contributed by atoms with Crippen LogP contribution in [0, 0.1) is 11.8 Å². The Hall–Kier alpha value is -0.900. The maximum atomic E-state index is 9.21. The molecule has 2 unspecified atom stereocenters. The Labute approximate surface area is 123 Å². The fourth-order valence-corrected chi connectivity index (χ4v) is 3.30. The van der Waals surface area contributed by atoms with Gasteiger partial charge in [0, 0.05) is 19.2 Å². The van der Waals surface area contributed by atoms with E-state index in [0.29, 0.717) is 24.5 Å². The predicted molar refractivity (Wildman–Crippen MR) is 83.7 cm³/mol. The van der Waals surface area contributed by atoms with Gasteiger partial charge in [0.25, 0.3) is 0 Å². The zero-order valence-electron chi connectivity index (χ0n) is 12.8. The van der Waals surface area contributed by atoms with Gasteiger partial charge >= 0.3 is 0 Å². The number of hydrogen-bond donors (Lipinski definition) is 2. The minimum atomic E-state index is 0.354. The molecule has 20 heavy (non-hydrogen) atoms. The van der Waals surface area contributed by atoms with E-state index in [-0.39, 0.29) is 0 Å². The van der Waals surface area contributed by atoms with Crippen molar-refractivity contribution in [3.63, 3.8) is 0 Å². The van der Waals surface area contributed by atoms with Crippen molar-refractivity contribution in [1.29, 1.82) is 0 Å². The Morgan fingerprint density at radius 3 is 2.45 bits per heavy atom. The lowest BCUT2D eigenvalue weighted by Gasteiger charge is -2.35. The molecule has 0 saturated carbocycles. The van der Waals surface area contributed by atoms with Gasteiger partial charge in [-0.1, -0.05) is 37.3 Å². The minimum Gasteiger partial charge on any atom is -0.396 e. The van der Waals surface area contributed by atoms with Gasteiger partial charge in [0.1, 0.15) is 0 Å². The second-order valence-corrected chi connectivity index (χ2v) is 6.08.